The Balaban J connectivity index is 1.15. The lowest BCUT2D eigenvalue weighted by Gasteiger charge is -2.31. The molecule has 1 aliphatic heterocycles. The molecule has 0 amide bonds. The number of carbonyl (C=O) groups is 1. The van der Waals surface area contributed by atoms with E-state index in [9.17, 15) is 14.3 Å². The minimum absolute atomic E-state index is 0.0214. The number of likely N-dealkylation sites (tertiary alicyclic amines) is 1. The molecule has 6 rings (SSSR count). The van der Waals surface area contributed by atoms with Crippen LogP contribution in [0.2, 0.25) is 0 Å². The molecule has 2 aromatic carbocycles. The number of fused-ring (bicyclic) bond motifs is 1. The fraction of sp³-hybridized carbons (Fsp3) is 0.267. The summed E-state index contributed by atoms with van der Waals surface area (Å²) in [6.07, 6.45) is 7.89. The zero-order valence-corrected chi connectivity index (χ0v) is 22.5. The van der Waals surface area contributed by atoms with Gasteiger partial charge in [-0.15, -0.1) is 0 Å². The second-order valence-corrected chi connectivity index (χ2v) is 10.1. The molecule has 1 N–H and O–H groups in total. The number of benzene rings is 2. The highest BCUT2D eigenvalue weighted by Gasteiger charge is 2.27. The number of aromatic carboxylic acids is 1. The molecule has 0 spiro atoms. The van der Waals surface area contributed by atoms with Gasteiger partial charge < -0.3 is 18.8 Å². The summed E-state index contributed by atoms with van der Waals surface area (Å²) in [5.41, 5.74) is 2.93. The van der Waals surface area contributed by atoms with Gasteiger partial charge in [0, 0.05) is 23.9 Å². The van der Waals surface area contributed by atoms with Crippen molar-refractivity contribution in [2.45, 2.75) is 38.5 Å². The van der Waals surface area contributed by atoms with Gasteiger partial charge in [0.15, 0.2) is 0 Å². The highest BCUT2D eigenvalue weighted by atomic mass is 19.1. The number of aromatic nitrogens is 5. The van der Waals surface area contributed by atoms with Crippen molar-refractivity contribution in [1.29, 1.82) is 5.26 Å². The fourth-order valence-corrected chi connectivity index (χ4v) is 5.24. The average molecular weight is 568 g/mol. The van der Waals surface area contributed by atoms with E-state index < -0.39 is 11.8 Å². The summed E-state index contributed by atoms with van der Waals surface area (Å²) in [6.45, 7) is 2.41. The van der Waals surface area contributed by atoms with E-state index in [-0.39, 0.29) is 23.7 Å². The minimum Gasteiger partial charge on any atom is -0.478 e. The number of nitrogens with zero attached hydrogens (tertiary/aromatic N) is 7. The Morgan fingerprint density at radius 1 is 1.10 bits per heavy atom. The maximum atomic E-state index is 14.4. The topological polar surface area (TPSA) is 143 Å². The van der Waals surface area contributed by atoms with E-state index in [1.165, 1.54) is 12.3 Å². The molecule has 1 saturated heterocycles. The Bertz CT molecular complexity index is 1770. The Morgan fingerprint density at radius 2 is 1.93 bits per heavy atom. The first-order chi connectivity index (χ1) is 20.5. The van der Waals surface area contributed by atoms with Crippen molar-refractivity contribution >= 4 is 17.0 Å². The number of nitriles is 1. The summed E-state index contributed by atoms with van der Waals surface area (Å²) in [7, 11) is 0. The van der Waals surface area contributed by atoms with Crippen LogP contribution in [0.5, 0.6) is 5.88 Å². The predicted molar refractivity (Wildman–Crippen MR) is 147 cm³/mol. The molecule has 0 aliphatic carbocycles. The van der Waals surface area contributed by atoms with E-state index in [4.69, 9.17) is 19.4 Å². The highest BCUT2D eigenvalue weighted by molar-refractivity contribution is 5.92. The number of oxazole rings is 1. The molecule has 3 aromatic heterocycles. The Hall–Kier alpha value is -5.15. The average Bonchev–Trinajstić information content (AvgIpc) is 3.65. The molecule has 1 fully saturated rings. The summed E-state index contributed by atoms with van der Waals surface area (Å²) < 4.78 is 27.7. The third-order valence-corrected chi connectivity index (χ3v) is 7.43. The normalized spacial score (nSPS) is 14.2. The Kier molecular flexibility index (Phi) is 7.57. The molecule has 5 aromatic rings. The van der Waals surface area contributed by atoms with E-state index in [0.717, 1.165) is 37.4 Å². The van der Waals surface area contributed by atoms with E-state index in [2.05, 4.69) is 19.9 Å². The van der Waals surface area contributed by atoms with Gasteiger partial charge in [0.05, 0.1) is 41.0 Å². The molecule has 0 unspecified atom stereocenters. The van der Waals surface area contributed by atoms with Gasteiger partial charge in [0.25, 0.3) is 0 Å². The molecule has 0 radical (unpaired) electrons. The standard InChI is InChI=1S/C30H26FN7O4/c31-23-13-19(15-32)1-2-22(23)18-42-29-28(34-7-8-35-29)20-5-10-37(11-6-20)16-26-36-24-4-3-21(30(39)40)14-25(24)38(26)17-27-33-9-12-41-27/h1-4,7-9,12-14,20H,5-6,10-11,16-18H2,(H,39,40). The molecule has 0 bridgehead atoms. The van der Waals surface area contributed by atoms with Crippen molar-refractivity contribution < 1.29 is 23.4 Å². The summed E-state index contributed by atoms with van der Waals surface area (Å²) in [6, 6.07) is 11.1. The first-order valence-electron chi connectivity index (χ1n) is 13.4. The van der Waals surface area contributed by atoms with Crippen LogP contribution in [0.15, 0.2) is 65.7 Å². The van der Waals surface area contributed by atoms with Gasteiger partial charge in [-0.3, -0.25) is 9.88 Å². The molecule has 42 heavy (non-hydrogen) atoms. The van der Waals surface area contributed by atoms with Crippen LogP contribution in [0.25, 0.3) is 11.0 Å². The molecule has 0 saturated carbocycles. The predicted octanol–water partition coefficient (Wildman–Crippen LogP) is 4.53. The SMILES string of the molecule is N#Cc1ccc(COc2nccnc2C2CCN(Cc3nc4ccc(C(=O)O)cc4n3Cc3ncco3)CC2)c(F)c1. The third kappa shape index (κ3) is 5.68. The lowest BCUT2D eigenvalue weighted by atomic mass is 9.93. The first-order valence-corrected chi connectivity index (χ1v) is 13.4. The number of hydrogen-bond donors (Lipinski definition) is 1. The van der Waals surface area contributed by atoms with Crippen molar-refractivity contribution in [3.63, 3.8) is 0 Å². The van der Waals surface area contributed by atoms with Gasteiger partial charge in [-0.25, -0.2) is 24.1 Å². The van der Waals surface area contributed by atoms with Gasteiger partial charge in [0.1, 0.15) is 36.8 Å². The maximum absolute atomic E-state index is 14.4. The number of piperidine rings is 1. The zero-order valence-electron chi connectivity index (χ0n) is 22.5. The van der Waals surface area contributed by atoms with Gasteiger partial charge in [-0.2, -0.15) is 5.26 Å². The van der Waals surface area contributed by atoms with E-state index >= 15 is 0 Å². The lowest BCUT2D eigenvalue weighted by Crippen LogP contribution is -2.33. The largest absolute Gasteiger partial charge is 0.478 e. The van der Waals surface area contributed by atoms with Crippen molar-refractivity contribution in [3.8, 4) is 11.9 Å². The van der Waals surface area contributed by atoms with Gasteiger partial charge in [-0.1, -0.05) is 6.07 Å². The molecule has 12 heteroatoms. The van der Waals surface area contributed by atoms with Crippen molar-refractivity contribution in [1.82, 2.24) is 29.4 Å². The number of rotatable bonds is 9. The Labute approximate surface area is 239 Å². The van der Waals surface area contributed by atoms with Crippen molar-refractivity contribution in [2.75, 3.05) is 13.1 Å². The molecular weight excluding hydrogens is 541 g/mol. The summed E-state index contributed by atoms with van der Waals surface area (Å²) in [4.78, 5) is 31.9. The number of imidazole rings is 1. The molecule has 212 valence electrons. The molecule has 4 heterocycles. The molecule has 0 atom stereocenters. The number of carboxylic acid groups (broad SMARTS) is 1. The van der Waals surface area contributed by atoms with E-state index in [1.807, 2.05) is 10.6 Å². The third-order valence-electron chi connectivity index (χ3n) is 7.43. The molecular formula is C30H26FN7O4. The van der Waals surface area contributed by atoms with Crippen LogP contribution in [0, 0.1) is 17.1 Å². The molecule has 1 aliphatic rings. The van der Waals surface area contributed by atoms with Gasteiger partial charge >= 0.3 is 5.97 Å². The number of carboxylic acids is 1. The van der Waals surface area contributed by atoms with Crippen LogP contribution < -0.4 is 4.74 Å². The monoisotopic (exact) mass is 567 g/mol. The number of halogens is 1. The number of hydrogen-bond acceptors (Lipinski definition) is 9. The smallest absolute Gasteiger partial charge is 0.335 e. The molecule has 11 nitrogen and oxygen atoms in total. The quantitative estimate of drug-likeness (QED) is 0.270. The van der Waals surface area contributed by atoms with E-state index in [0.29, 0.717) is 41.5 Å². The first kappa shape index (κ1) is 27.0. The zero-order chi connectivity index (χ0) is 29.1. The summed E-state index contributed by atoms with van der Waals surface area (Å²) in [5, 5.41) is 18.5. The fourth-order valence-electron chi connectivity index (χ4n) is 5.24. The van der Waals surface area contributed by atoms with Crippen LogP contribution in [0.1, 0.15) is 57.7 Å². The van der Waals surface area contributed by atoms with Crippen LogP contribution in [0.4, 0.5) is 4.39 Å². The number of ether oxygens (including phenoxy) is 1. The van der Waals surface area contributed by atoms with Crippen molar-refractivity contribution in [3.05, 3.63) is 101 Å². The lowest BCUT2D eigenvalue weighted by molar-refractivity contribution is 0.0697. The van der Waals surface area contributed by atoms with Crippen LogP contribution >= 0.6 is 0 Å². The van der Waals surface area contributed by atoms with Crippen LogP contribution in [0.3, 0.4) is 0 Å². The van der Waals surface area contributed by atoms with Gasteiger partial charge in [-0.05, 0) is 56.3 Å². The minimum atomic E-state index is -1.00. The summed E-state index contributed by atoms with van der Waals surface area (Å²) >= 11 is 0. The summed E-state index contributed by atoms with van der Waals surface area (Å²) in [5.74, 6) is 0.282. The van der Waals surface area contributed by atoms with E-state index in [1.54, 1.807) is 48.9 Å². The second-order valence-electron chi connectivity index (χ2n) is 10.1. The maximum Gasteiger partial charge on any atom is 0.335 e. The Morgan fingerprint density at radius 3 is 2.67 bits per heavy atom. The second kappa shape index (κ2) is 11.8. The highest BCUT2D eigenvalue weighted by Crippen LogP contribution is 2.32. The van der Waals surface area contributed by atoms with Crippen LogP contribution in [-0.2, 0) is 19.7 Å². The van der Waals surface area contributed by atoms with Crippen LogP contribution in [-0.4, -0.2) is 53.6 Å². The van der Waals surface area contributed by atoms with Crippen molar-refractivity contribution in [2.24, 2.45) is 0 Å². The van der Waals surface area contributed by atoms with Gasteiger partial charge in [0.2, 0.25) is 11.8 Å².